The number of hydrogen-bond acceptors (Lipinski definition) is 4. The van der Waals surface area contributed by atoms with Crippen molar-refractivity contribution in [3.8, 4) is 0 Å². The highest BCUT2D eigenvalue weighted by Crippen LogP contribution is 2.20. The average molecular weight is 212 g/mol. The van der Waals surface area contributed by atoms with Gasteiger partial charge >= 0.3 is 0 Å². The standard InChI is InChI=1S/C9H12N2O2S/c12-5-7-2-1-3-11(7)9(13)8-4-10-6-14-8/h4,6-7,12H,1-3,5H2/t7-/m1/s1. The lowest BCUT2D eigenvalue weighted by molar-refractivity contribution is 0.0682. The first kappa shape index (κ1) is 9.61. The van der Waals surface area contributed by atoms with Gasteiger partial charge in [0.05, 0.1) is 24.4 Å². The molecule has 0 spiro atoms. The van der Waals surface area contributed by atoms with Gasteiger partial charge in [0, 0.05) is 6.54 Å². The van der Waals surface area contributed by atoms with E-state index in [0.29, 0.717) is 4.88 Å². The van der Waals surface area contributed by atoms with Crippen LogP contribution in [0.1, 0.15) is 22.5 Å². The molecule has 0 bridgehead atoms. The number of nitrogens with zero attached hydrogens (tertiary/aromatic N) is 2. The van der Waals surface area contributed by atoms with Crippen molar-refractivity contribution in [2.24, 2.45) is 0 Å². The highest BCUT2D eigenvalue weighted by molar-refractivity contribution is 7.11. The van der Waals surface area contributed by atoms with Crippen molar-refractivity contribution >= 4 is 17.2 Å². The first-order valence-corrected chi connectivity index (χ1v) is 5.51. The summed E-state index contributed by atoms with van der Waals surface area (Å²) < 4.78 is 0. The van der Waals surface area contributed by atoms with E-state index in [2.05, 4.69) is 4.98 Å². The Morgan fingerprint density at radius 2 is 2.64 bits per heavy atom. The lowest BCUT2D eigenvalue weighted by Gasteiger charge is -2.21. The molecular weight excluding hydrogens is 200 g/mol. The molecule has 76 valence electrons. The quantitative estimate of drug-likeness (QED) is 0.786. The van der Waals surface area contributed by atoms with Gasteiger partial charge in [-0.05, 0) is 12.8 Å². The van der Waals surface area contributed by atoms with Crippen LogP contribution in [0.15, 0.2) is 11.7 Å². The molecule has 5 heteroatoms. The van der Waals surface area contributed by atoms with Gasteiger partial charge in [-0.2, -0.15) is 0 Å². The van der Waals surface area contributed by atoms with Crippen molar-refractivity contribution in [1.29, 1.82) is 0 Å². The molecule has 14 heavy (non-hydrogen) atoms. The third-order valence-electron chi connectivity index (χ3n) is 2.49. The molecule has 0 saturated carbocycles. The molecule has 1 saturated heterocycles. The molecule has 1 N–H and O–H groups in total. The fraction of sp³-hybridized carbons (Fsp3) is 0.556. The van der Waals surface area contributed by atoms with E-state index in [-0.39, 0.29) is 18.6 Å². The maximum atomic E-state index is 11.9. The number of carbonyl (C=O) groups is 1. The van der Waals surface area contributed by atoms with Gasteiger partial charge < -0.3 is 10.0 Å². The zero-order valence-electron chi connectivity index (χ0n) is 7.72. The van der Waals surface area contributed by atoms with E-state index in [9.17, 15) is 4.79 Å². The Hall–Kier alpha value is -0.940. The highest BCUT2D eigenvalue weighted by atomic mass is 32.1. The van der Waals surface area contributed by atoms with Crippen LogP contribution in [0, 0.1) is 0 Å². The topological polar surface area (TPSA) is 53.4 Å². The van der Waals surface area contributed by atoms with Crippen LogP contribution in [0.3, 0.4) is 0 Å². The molecule has 1 fully saturated rings. The maximum absolute atomic E-state index is 11.9. The van der Waals surface area contributed by atoms with E-state index in [0.717, 1.165) is 19.4 Å². The summed E-state index contributed by atoms with van der Waals surface area (Å²) in [6.07, 6.45) is 3.47. The van der Waals surface area contributed by atoms with Crippen molar-refractivity contribution in [3.05, 3.63) is 16.6 Å². The van der Waals surface area contributed by atoms with E-state index in [1.807, 2.05) is 0 Å². The second kappa shape index (κ2) is 4.06. The zero-order chi connectivity index (χ0) is 9.97. The lowest BCUT2D eigenvalue weighted by Crippen LogP contribution is -2.37. The van der Waals surface area contributed by atoms with Gasteiger partial charge in [0.1, 0.15) is 4.88 Å². The van der Waals surface area contributed by atoms with Crippen LogP contribution in [-0.2, 0) is 0 Å². The number of aliphatic hydroxyl groups excluding tert-OH is 1. The number of likely N-dealkylation sites (tertiary alicyclic amines) is 1. The number of amides is 1. The van der Waals surface area contributed by atoms with Crippen LogP contribution >= 0.6 is 11.3 Å². The fourth-order valence-corrected chi connectivity index (χ4v) is 2.33. The van der Waals surface area contributed by atoms with E-state index in [4.69, 9.17) is 5.11 Å². The number of aromatic nitrogens is 1. The SMILES string of the molecule is O=C(c1cncs1)N1CCC[C@@H]1CO. The highest BCUT2D eigenvalue weighted by Gasteiger charge is 2.29. The molecule has 0 aromatic carbocycles. The second-order valence-corrected chi connectivity index (χ2v) is 4.23. The minimum absolute atomic E-state index is 0.00375. The summed E-state index contributed by atoms with van der Waals surface area (Å²) in [5.74, 6) is 0.00375. The van der Waals surface area contributed by atoms with Crippen molar-refractivity contribution < 1.29 is 9.90 Å². The Balaban J connectivity index is 2.11. The summed E-state index contributed by atoms with van der Waals surface area (Å²) in [4.78, 5) is 18.1. The molecule has 0 radical (unpaired) electrons. The normalized spacial score (nSPS) is 21.5. The Kier molecular flexibility index (Phi) is 2.79. The number of rotatable bonds is 2. The molecular formula is C9H12N2O2S. The van der Waals surface area contributed by atoms with Crippen LogP contribution in [-0.4, -0.2) is 40.1 Å². The molecule has 1 aliphatic heterocycles. The summed E-state index contributed by atoms with van der Waals surface area (Å²) >= 11 is 1.35. The molecule has 1 aliphatic rings. The molecule has 1 amide bonds. The van der Waals surface area contributed by atoms with Gasteiger partial charge in [-0.3, -0.25) is 9.78 Å². The van der Waals surface area contributed by atoms with Gasteiger partial charge in [0.2, 0.25) is 0 Å². The smallest absolute Gasteiger partial charge is 0.265 e. The fourth-order valence-electron chi connectivity index (χ4n) is 1.76. The van der Waals surface area contributed by atoms with E-state index in [1.165, 1.54) is 11.3 Å². The van der Waals surface area contributed by atoms with E-state index >= 15 is 0 Å². The zero-order valence-corrected chi connectivity index (χ0v) is 8.54. The molecule has 4 nitrogen and oxygen atoms in total. The Labute approximate surface area is 86.2 Å². The minimum atomic E-state index is 0.00375. The summed E-state index contributed by atoms with van der Waals surface area (Å²) in [7, 11) is 0. The number of thiazole rings is 1. The number of aliphatic hydroxyl groups is 1. The second-order valence-electron chi connectivity index (χ2n) is 3.34. The summed E-state index contributed by atoms with van der Waals surface area (Å²) in [6, 6.07) is 0.00426. The predicted molar refractivity (Wildman–Crippen MR) is 53.3 cm³/mol. The van der Waals surface area contributed by atoms with Crippen LogP contribution in [0.4, 0.5) is 0 Å². The maximum Gasteiger partial charge on any atom is 0.265 e. The molecule has 0 aliphatic carbocycles. The van der Waals surface area contributed by atoms with Gasteiger partial charge in [0.25, 0.3) is 5.91 Å². The number of carbonyl (C=O) groups excluding carboxylic acids is 1. The van der Waals surface area contributed by atoms with Gasteiger partial charge in [-0.15, -0.1) is 11.3 Å². The molecule has 1 aromatic heterocycles. The van der Waals surface area contributed by atoms with Gasteiger partial charge in [-0.25, -0.2) is 0 Å². The first-order valence-electron chi connectivity index (χ1n) is 4.63. The molecule has 1 atom stereocenters. The Morgan fingerprint density at radius 1 is 1.79 bits per heavy atom. The van der Waals surface area contributed by atoms with Crippen molar-refractivity contribution in [1.82, 2.24) is 9.88 Å². The van der Waals surface area contributed by atoms with E-state index < -0.39 is 0 Å². The Morgan fingerprint density at radius 3 is 3.29 bits per heavy atom. The molecule has 2 heterocycles. The average Bonchev–Trinajstić information content (AvgIpc) is 2.87. The number of hydrogen-bond donors (Lipinski definition) is 1. The van der Waals surface area contributed by atoms with Crippen LogP contribution in [0.2, 0.25) is 0 Å². The molecule has 1 aromatic rings. The monoisotopic (exact) mass is 212 g/mol. The lowest BCUT2D eigenvalue weighted by atomic mass is 10.2. The largest absolute Gasteiger partial charge is 0.394 e. The van der Waals surface area contributed by atoms with Crippen molar-refractivity contribution in [2.75, 3.05) is 13.2 Å². The Bertz CT molecular complexity index is 313. The minimum Gasteiger partial charge on any atom is -0.394 e. The van der Waals surface area contributed by atoms with Crippen molar-refractivity contribution in [2.45, 2.75) is 18.9 Å². The summed E-state index contributed by atoms with van der Waals surface area (Å²) in [5.41, 5.74) is 1.65. The van der Waals surface area contributed by atoms with Gasteiger partial charge in [0.15, 0.2) is 0 Å². The van der Waals surface area contributed by atoms with E-state index in [1.54, 1.807) is 16.6 Å². The third-order valence-corrected chi connectivity index (χ3v) is 3.25. The summed E-state index contributed by atoms with van der Waals surface area (Å²) in [5, 5.41) is 9.08. The molecule has 0 unspecified atom stereocenters. The van der Waals surface area contributed by atoms with Crippen LogP contribution < -0.4 is 0 Å². The van der Waals surface area contributed by atoms with Crippen molar-refractivity contribution in [3.63, 3.8) is 0 Å². The predicted octanol–water partition coefficient (Wildman–Crippen LogP) is 0.740. The first-order chi connectivity index (χ1) is 6.83. The van der Waals surface area contributed by atoms with Crippen LogP contribution in [0.25, 0.3) is 0 Å². The third kappa shape index (κ3) is 1.65. The van der Waals surface area contributed by atoms with Gasteiger partial charge in [-0.1, -0.05) is 0 Å². The van der Waals surface area contributed by atoms with Crippen LogP contribution in [0.5, 0.6) is 0 Å². The summed E-state index contributed by atoms with van der Waals surface area (Å²) in [6.45, 7) is 0.812. The molecule has 2 rings (SSSR count).